The largest absolute Gasteiger partial charge is 0.492 e. The first-order valence-corrected chi connectivity index (χ1v) is 11.8. The Balaban J connectivity index is 1.54. The Morgan fingerprint density at radius 1 is 1.30 bits per heavy atom. The molecule has 12 nitrogen and oxygen atoms in total. The lowest BCUT2D eigenvalue weighted by Gasteiger charge is -2.42. The fraction of sp³-hybridized carbons (Fsp3) is 0.706. The number of piperidine rings is 1. The van der Waals surface area contributed by atoms with Crippen LogP contribution in [0.25, 0.3) is 0 Å². The number of hydrogen-bond donors (Lipinski definition) is 4. The zero-order chi connectivity index (χ0) is 21.5. The van der Waals surface area contributed by atoms with Crippen LogP contribution in [0.2, 0.25) is 0 Å². The molecule has 2 fully saturated rings. The molecule has 0 spiro atoms. The number of amidine groups is 1. The molecule has 0 bridgehead atoms. The number of nitrogens with one attached hydrogen (secondary N) is 2. The summed E-state index contributed by atoms with van der Waals surface area (Å²) >= 11 is 0. The third-order valence-electron chi connectivity index (χ3n) is 5.67. The summed E-state index contributed by atoms with van der Waals surface area (Å²) in [5.74, 6) is -2.07. The number of carbonyl (C=O) groups excluding carboxylic acids is 1. The Morgan fingerprint density at radius 3 is 2.60 bits per heavy atom. The van der Waals surface area contributed by atoms with Crippen molar-refractivity contribution in [2.45, 2.75) is 43.7 Å². The van der Waals surface area contributed by atoms with E-state index in [-0.39, 0.29) is 23.7 Å². The maximum atomic E-state index is 12.7. The van der Waals surface area contributed by atoms with Gasteiger partial charge in [-0.15, -0.1) is 0 Å². The van der Waals surface area contributed by atoms with E-state index in [2.05, 4.69) is 20.6 Å². The number of nitrogens with two attached hydrogens (primary N) is 1. The number of aliphatic imine (C=N–C) groups is 2. The number of sulfonamides is 1. The van der Waals surface area contributed by atoms with Gasteiger partial charge in [0, 0.05) is 38.4 Å². The van der Waals surface area contributed by atoms with E-state index >= 15 is 0 Å². The molecule has 5 N–H and O–H groups in total. The zero-order valence-electron chi connectivity index (χ0n) is 16.7. The number of hydrogen-bond acceptors (Lipinski definition) is 10. The second-order valence-electron chi connectivity index (χ2n) is 7.94. The van der Waals surface area contributed by atoms with Crippen LogP contribution in [0.5, 0.6) is 0 Å². The molecule has 0 aromatic heterocycles. The highest BCUT2D eigenvalue weighted by Crippen LogP contribution is 2.23. The van der Waals surface area contributed by atoms with Crippen LogP contribution in [0.1, 0.15) is 25.7 Å². The molecule has 1 atom stereocenters. The molecule has 1 unspecified atom stereocenters. The predicted octanol–water partition coefficient (Wildman–Crippen LogP) is -1.61. The number of nitrogens with zero attached hydrogens (tertiary/aromatic N) is 4. The van der Waals surface area contributed by atoms with Crippen molar-refractivity contribution >= 4 is 27.5 Å². The van der Waals surface area contributed by atoms with E-state index in [0.29, 0.717) is 57.8 Å². The van der Waals surface area contributed by atoms with E-state index in [1.807, 2.05) is 0 Å². The highest BCUT2D eigenvalue weighted by Gasteiger charge is 2.43. The Bertz CT molecular complexity index is 903. The quantitative estimate of drug-likeness (QED) is 0.379. The van der Waals surface area contributed by atoms with Crippen LogP contribution in [-0.2, 0) is 19.6 Å². The summed E-state index contributed by atoms with van der Waals surface area (Å²) in [4.78, 5) is 23.0. The summed E-state index contributed by atoms with van der Waals surface area (Å²) in [6, 6.07) is -0.126. The van der Waals surface area contributed by atoms with Gasteiger partial charge in [0.15, 0.2) is 11.5 Å². The number of ether oxygens (including phenoxy) is 1. The second kappa shape index (κ2) is 7.89. The molecule has 166 valence electrons. The molecule has 4 aliphatic rings. The van der Waals surface area contributed by atoms with Gasteiger partial charge in [0.05, 0.1) is 12.5 Å². The number of aliphatic hydroxyl groups is 1. The van der Waals surface area contributed by atoms with Crippen LogP contribution in [0.3, 0.4) is 0 Å². The number of fused-ring (bicyclic) bond motifs is 1. The summed E-state index contributed by atoms with van der Waals surface area (Å²) in [5, 5.41) is 15.8. The predicted molar refractivity (Wildman–Crippen MR) is 109 cm³/mol. The lowest BCUT2D eigenvalue weighted by molar-refractivity contribution is -0.117. The maximum Gasteiger partial charge on any atom is 0.277 e. The number of aliphatic hydroxyl groups excluding tert-OH is 1. The fourth-order valence-electron chi connectivity index (χ4n) is 4.14. The summed E-state index contributed by atoms with van der Waals surface area (Å²) in [5.41, 5.74) is 6.39. The van der Waals surface area contributed by atoms with E-state index < -0.39 is 21.8 Å². The van der Waals surface area contributed by atoms with Crippen molar-refractivity contribution in [1.82, 2.24) is 19.8 Å². The van der Waals surface area contributed by atoms with Gasteiger partial charge >= 0.3 is 0 Å². The van der Waals surface area contributed by atoms with Gasteiger partial charge in [-0.05, 0) is 25.7 Å². The van der Waals surface area contributed by atoms with Crippen molar-refractivity contribution in [3.05, 3.63) is 12.1 Å². The molecule has 4 rings (SSSR count). The summed E-state index contributed by atoms with van der Waals surface area (Å²) in [6.45, 7) is 1.89. The SMILES string of the molecule is CS(=O)(=O)N1CCC(NC2(N)N=C3C(=NC(O)=CN3C3CCOCC3)C(=O)N2)CC1. The van der Waals surface area contributed by atoms with Crippen LogP contribution in [0, 0.1) is 0 Å². The van der Waals surface area contributed by atoms with Gasteiger partial charge in [-0.25, -0.2) is 22.7 Å². The van der Waals surface area contributed by atoms with Gasteiger partial charge in [0.1, 0.15) is 0 Å². The minimum Gasteiger partial charge on any atom is -0.492 e. The van der Waals surface area contributed by atoms with Gasteiger partial charge in [-0.2, -0.15) is 0 Å². The first kappa shape index (κ1) is 21.2. The number of amides is 1. The van der Waals surface area contributed by atoms with Crippen molar-refractivity contribution in [3.63, 3.8) is 0 Å². The van der Waals surface area contributed by atoms with Gasteiger partial charge in [0.25, 0.3) is 5.91 Å². The molecule has 0 radical (unpaired) electrons. The Kier molecular flexibility index (Phi) is 5.57. The molecule has 4 aliphatic heterocycles. The highest BCUT2D eigenvalue weighted by molar-refractivity contribution is 7.88. The first-order chi connectivity index (χ1) is 14.1. The number of rotatable bonds is 4. The van der Waals surface area contributed by atoms with E-state index in [1.54, 1.807) is 4.90 Å². The van der Waals surface area contributed by atoms with E-state index in [9.17, 15) is 18.3 Å². The van der Waals surface area contributed by atoms with E-state index in [1.165, 1.54) is 16.8 Å². The minimum absolute atomic E-state index is 0.00157. The van der Waals surface area contributed by atoms with Crippen LogP contribution in [0.4, 0.5) is 0 Å². The molecule has 0 aromatic rings. The van der Waals surface area contributed by atoms with Crippen molar-refractivity contribution in [3.8, 4) is 0 Å². The standard InChI is InChI=1S/C17H27N7O5S/c1-30(27,28)23-6-2-11(3-7-23)20-17(18)21-15-14(16(26)22-17)19-13(25)10-24(15)12-4-8-29-9-5-12/h10-12,20,25H,2-9,18H2,1H3,(H,22,26). The average molecular weight is 442 g/mol. The molecule has 2 saturated heterocycles. The van der Waals surface area contributed by atoms with Crippen molar-refractivity contribution < 1.29 is 23.1 Å². The molecule has 1 amide bonds. The van der Waals surface area contributed by atoms with Gasteiger partial charge < -0.3 is 20.1 Å². The Hall–Kier alpha value is -2.06. The van der Waals surface area contributed by atoms with Gasteiger partial charge in [-0.1, -0.05) is 0 Å². The van der Waals surface area contributed by atoms with Crippen molar-refractivity contribution in [2.24, 2.45) is 15.7 Å². The highest BCUT2D eigenvalue weighted by atomic mass is 32.2. The van der Waals surface area contributed by atoms with Crippen LogP contribution in [-0.4, -0.2) is 90.7 Å². The molecular weight excluding hydrogens is 414 g/mol. The lowest BCUT2D eigenvalue weighted by Crippen LogP contribution is -2.72. The molecule has 0 aromatic carbocycles. The average Bonchev–Trinajstić information content (AvgIpc) is 2.68. The normalized spacial score (nSPS) is 29.6. The second-order valence-corrected chi connectivity index (χ2v) is 9.92. The summed E-state index contributed by atoms with van der Waals surface area (Å²) in [6.07, 6.45) is 5.16. The first-order valence-electron chi connectivity index (χ1n) is 9.95. The third-order valence-corrected chi connectivity index (χ3v) is 6.97. The molecule has 4 heterocycles. The smallest absolute Gasteiger partial charge is 0.277 e. The van der Waals surface area contributed by atoms with Crippen LogP contribution in [0.15, 0.2) is 22.1 Å². The molecular formula is C17H27N7O5S. The third kappa shape index (κ3) is 4.34. The topological polar surface area (TPSA) is 162 Å². The van der Waals surface area contributed by atoms with Crippen molar-refractivity contribution in [1.29, 1.82) is 0 Å². The van der Waals surface area contributed by atoms with E-state index in [4.69, 9.17) is 10.5 Å². The Morgan fingerprint density at radius 2 is 1.97 bits per heavy atom. The molecule has 30 heavy (non-hydrogen) atoms. The molecule has 0 aliphatic carbocycles. The van der Waals surface area contributed by atoms with Gasteiger partial charge in [0.2, 0.25) is 21.8 Å². The summed E-state index contributed by atoms with van der Waals surface area (Å²) < 4.78 is 30.2. The zero-order valence-corrected chi connectivity index (χ0v) is 17.6. The fourth-order valence-corrected chi connectivity index (χ4v) is 5.02. The summed E-state index contributed by atoms with van der Waals surface area (Å²) in [7, 11) is -3.23. The van der Waals surface area contributed by atoms with Crippen LogP contribution < -0.4 is 16.4 Å². The van der Waals surface area contributed by atoms with Crippen molar-refractivity contribution in [2.75, 3.05) is 32.6 Å². The van der Waals surface area contributed by atoms with E-state index in [0.717, 1.165) is 0 Å². The molecule has 13 heteroatoms. The van der Waals surface area contributed by atoms with Gasteiger partial charge in [-0.3, -0.25) is 15.8 Å². The number of carbonyl (C=O) groups is 1. The maximum absolute atomic E-state index is 12.7. The monoisotopic (exact) mass is 441 g/mol. The minimum atomic E-state index is -3.23. The van der Waals surface area contributed by atoms with Crippen LogP contribution >= 0.6 is 0 Å². The molecule has 0 saturated carbocycles. The lowest BCUT2D eigenvalue weighted by atomic mass is 10.0. The Labute approximate surface area is 174 Å².